The molecule has 0 aliphatic rings. The molecular formula is C22H24Cl2N4O4. The van der Waals surface area contributed by atoms with Gasteiger partial charge in [-0.25, -0.2) is 4.79 Å². The van der Waals surface area contributed by atoms with Gasteiger partial charge in [0.25, 0.3) is 0 Å². The summed E-state index contributed by atoms with van der Waals surface area (Å²) in [4.78, 5) is 28.3. The molecule has 0 bridgehead atoms. The van der Waals surface area contributed by atoms with Crippen LogP contribution in [0.3, 0.4) is 0 Å². The standard InChI is InChI=1S/C22H24Cl2N4O4/c1-11-14(8-26-21(31)32-22(2,3)4)18(13-6-5-12(23)7-15(13)24)19-16(27-11)9-28(20(19)30)10-17(25)29/h5-7,9,30H,8,10H2,1-4H3,(H2,25,29)(H,26,31). The molecular weight excluding hydrogens is 455 g/mol. The van der Waals surface area contributed by atoms with Gasteiger partial charge in [-0.05, 0) is 39.8 Å². The number of nitrogens with two attached hydrogens (primary N) is 1. The molecule has 170 valence electrons. The van der Waals surface area contributed by atoms with E-state index in [0.29, 0.717) is 43.3 Å². The summed E-state index contributed by atoms with van der Waals surface area (Å²) in [6, 6.07) is 4.98. The number of nitrogens with one attached hydrogen (secondary N) is 1. The molecule has 0 unspecified atom stereocenters. The first-order valence-corrected chi connectivity index (χ1v) is 10.5. The molecule has 0 radical (unpaired) electrons. The van der Waals surface area contributed by atoms with Crippen molar-refractivity contribution in [3.05, 3.63) is 45.7 Å². The summed E-state index contributed by atoms with van der Waals surface area (Å²) >= 11 is 12.6. The molecule has 0 fully saturated rings. The van der Waals surface area contributed by atoms with E-state index < -0.39 is 17.6 Å². The zero-order valence-corrected chi connectivity index (χ0v) is 19.6. The number of nitrogens with zero attached hydrogens (tertiary/aromatic N) is 2. The van der Waals surface area contributed by atoms with Gasteiger partial charge in [0.05, 0.1) is 10.9 Å². The van der Waals surface area contributed by atoms with Crippen LogP contribution in [-0.2, 0) is 22.6 Å². The number of carbonyl (C=O) groups is 2. The molecule has 0 aliphatic heterocycles. The smallest absolute Gasteiger partial charge is 0.407 e. The summed E-state index contributed by atoms with van der Waals surface area (Å²) in [7, 11) is 0. The van der Waals surface area contributed by atoms with Crippen molar-refractivity contribution in [3.63, 3.8) is 0 Å². The van der Waals surface area contributed by atoms with Crippen LogP contribution in [0.15, 0.2) is 24.4 Å². The Kier molecular flexibility index (Phi) is 6.57. The third-order valence-electron chi connectivity index (χ3n) is 4.64. The second-order valence-corrected chi connectivity index (χ2v) is 9.18. The lowest BCUT2D eigenvalue weighted by atomic mass is 9.95. The highest BCUT2D eigenvalue weighted by atomic mass is 35.5. The number of pyridine rings is 1. The molecule has 0 saturated heterocycles. The van der Waals surface area contributed by atoms with Crippen molar-refractivity contribution in [3.8, 4) is 17.0 Å². The second kappa shape index (κ2) is 8.88. The number of amides is 2. The summed E-state index contributed by atoms with van der Waals surface area (Å²) in [5.41, 5.74) is 7.47. The number of hydrogen-bond acceptors (Lipinski definition) is 5. The number of alkyl carbamates (subject to hydrolysis) is 1. The number of aromatic hydroxyl groups is 1. The molecule has 8 nitrogen and oxygen atoms in total. The van der Waals surface area contributed by atoms with Gasteiger partial charge in [-0.2, -0.15) is 0 Å². The van der Waals surface area contributed by atoms with Crippen LogP contribution in [0.25, 0.3) is 22.0 Å². The summed E-state index contributed by atoms with van der Waals surface area (Å²) in [5, 5.41) is 14.8. The minimum Gasteiger partial charge on any atom is -0.494 e. The largest absolute Gasteiger partial charge is 0.494 e. The number of benzene rings is 1. The average molecular weight is 479 g/mol. The Balaban J connectivity index is 2.21. The maximum Gasteiger partial charge on any atom is 0.407 e. The first kappa shape index (κ1) is 23.7. The third-order valence-corrected chi connectivity index (χ3v) is 5.19. The molecule has 3 rings (SSSR count). The van der Waals surface area contributed by atoms with Crippen molar-refractivity contribution in [2.45, 2.75) is 46.4 Å². The van der Waals surface area contributed by atoms with E-state index in [0.717, 1.165) is 0 Å². The van der Waals surface area contributed by atoms with Crippen LogP contribution >= 0.6 is 23.2 Å². The van der Waals surface area contributed by atoms with Crippen LogP contribution in [0.1, 0.15) is 32.0 Å². The Hall–Kier alpha value is -2.97. The quantitative estimate of drug-likeness (QED) is 0.497. The minimum absolute atomic E-state index is 0.0679. The maximum atomic E-state index is 12.3. The number of carbonyl (C=O) groups excluding carboxylic acids is 2. The molecule has 0 atom stereocenters. The SMILES string of the molecule is Cc1nc2cn(CC(N)=O)c(O)c2c(-c2ccc(Cl)cc2Cl)c1CNC(=O)OC(C)(C)C. The molecule has 0 spiro atoms. The number of ether oxygens (including phenoxy) is 1. The van der Waals surface area contributed by atoms with Gasteiger partial charge in [0.15, 0.2) is 0 Å². The van der Waals surface area contributed by atoms with E-state index in [2.05, 4.69) is 10.3 Å². The minimum atomic E-state index is -0.659. The highest BCUT2D eigenvalue weighted by molar-refractivity contribution is 6.36. The number of aryl methyl sites for hydroxylation is 1. The van der Waals surface area contributed by atoms with Gasteiger partial charge >= 0.3 is 6.09 Å². The van der Waals surface area contributed by atoms with Crippen molar-refractivity contribution in [1.82, 2.24) is 14.9 Å². The molecule has 0 saturated carbocycles. The Morgan fingerprint density at radius 2 is 1.97 bits per heavy atom. The number of fused-ring (bicyclic) bond motifs is 1. The lowest BCUT2D eigenvalue weighted by molar-refractivity contribution is -0.118. The van der Waals surface area contributed by atoms with Crippen LogP contribution in [0.4, 0.5) is 4.79 Å². The molecule has 4 N–H and O–H groups in total. The van der Waals surface area contributed by atoms with Crippen molar-refractivity contribution >= 4 is 46.1 Å². The van der Waals surface area contributed by atoms with Gasteiger partial charge in [0.2, 0.25) is 11.8 Å². The van der Waals surface area contributed by atoms with Crippen LogP contribution in [0.5, 0.6) is 5.88 Å². The van der Waals surface area contributed by atoms with E-state index in [4.69, 9.17) is 33.7 Å². The highest BCUT2D eigenvalue weighted by Gasteiger charge is 2.24. The van der Waals surface area contributed by atoms with Gasteiger partial charge in [0, 0.05) is 45.2 Å². The molecule has 2 amide bonds. The van der Waals surface area contributed by atoms with Crippen LogP contribution in [-0.4, -0.2) is 32.3 Å². The summed E-state index contributed by atoms with van der Waals surface area (Å²) in [6.07, 6.45) is 0.946. The van der Waals surface area contributed by atoms with Gasteiger partial charge in [0.1, 0.15) is 12.1 Å². The highest BCUT2D eigenvalue weighted by Crippen LogP contribution is 2.42. The fourth-order valence-electron chi connectivity index (χ4n) is 3.40. The van der Waals surface area contributed by atoms with Gasteiger partial charge in [-0.15, -0.1) is 0 Å². The van der Waals surface area contributed by atoms with Crippen LogP contribution < -0.4 is 11.1 Å². The number of rotatable bonds is 5. The van der Waals surface area contributed by atoms with Crippen molar-refractivity contribution in [2.24, 2.45) is 5.73 Å². The van der Waals surface area contributed by atoms with Gasteiger partial charge < -0.3 is 25.5 Å². The first-order chi connectivity index (χ1) is 14.9. The normalized spacial score (nSPS) is 11.6. The van der Waals surface area contributed by atoms with Gasteiger partial charge in [-0.3, -0.25) is 9.78 Å². The summed E-state index contributed by atoms with van der Waals surface area (Å²) < 4.78 is 6.64. The molecule has 2 aromatic heterocycles. The topological polar surface area (TPSA) is 119 Å². The Bertz CT molecular complexity index is 1220. The zero-order chi connectivity index (χ0) is 23.8. The van der Waals surface area contributed by atoms with Crippen LogP contribution in [0, 0.1) is 6.92 Å². The predicted molar refractivity (Wildman–Crippen MR) is 124 cm³/mol. The van der Waals surface area contributed by atoms with E-state index >= 15 is 0 Å². The summed E-state index contributed by atoms with van der Waals surface area (Å²) in [6.45, 7) is 6.93. The number of hydrogen-bond donors (Lipinski definition) is 3. The zero-order valence-electron chi connectivity index (χ0n) is 18.1. The van der Waals surface area contributed by atoms with E-state index in [1.54, 1.807) is 52.1 Å². The monoisotopic (exact) mass is 478 g/mol. The maximum absolute atomic E-state index is 12.3. The van der Waals surface area contributed by atoms with E-state index in [9.17, 15) is 14.7 Å². The fraction of sp³-hybridized carbons (Fsp3) is 0.318. The number of primary amides is 1. The fourth-order valence-corrected chi connectivity index (χ4v) is 3.91. The Morgan fingerprint density at radius 3 is 2.56 bits per heavy atom. The predicted octanol–water partition coefficient (Wildman–Crippen LogP) is 4.53. The summed E-state index contributed by atoms with van der Waals surface area (Å²) in [5.74, 6) is -0.805. The Morgan fingerprint density at radius 1 is 1.28 bits per heavy atom. The van der Waals surface area contributed by atoms with E-state index in [1.807, 2.05) is 0 Å². The molecule has 3 aromatic rings. The molecule has 0 aliphatic carbocycles. The molecule has 1 aromatic carbocycles. The number of aromatic nitrogens is 2. The van der Waals surface area contributed by atoms with Crippen LogP contribution in [0.2, 0.25) is 10.0 Å². The Labute approximate surface area is 195 Å². The lowest BCUT2D eigenvalue weighted by Gasteiger charge is -2.21. The number of halogens is 2. The molecule has 10 heteroatoms. The first-order valence-electron chi connectivity index (χ1n) is 9.79. The lowest BCUT2D eigenvalue weighted by Crippen LogP contribution is -2.32. The van der Waals surface area contributed by atoms with E-state index in [1.165, 1.54) is 4.57 Å². The van der Waals surface area contributed by atoms with Gasteiger partial charge in [-0.1, -0.05) is 29.3 Å². The molecule has 2 heterocycles. The molecule has 32 heavy (non-hydrogen) atoms. The average Bonchev–Trinajstić information content (AvgIpc) is 2.93. The van der Waals surface area contributed by atoms with Crippen molar-refractivity contribution in [2.75, 3.05) is 0 Å². The van der Waals surface area contributed by atoms with E-state index in [-0.39, 0.29) is 19.0 Å². The third kappa shape index (κ3) is 5.08. The van der Waals surface area contributed by atoms with Crippen molar-refractivity contribution in [1.29, 1.82) is 0 Å². The van der Waals surface area contributed by atoms with Crippen molar-refractivity contribution < 1.29 is 19.4 Å². The second-order valence-electron chi connectivity index (χ2n) is 8.34.